The number of aryl methyl sites for hydroxylation is 2. The summed E-state index contributed by atoms with van der Waals surface area (Å²) in [4.78, 5) is 11.7. The Morgan fingerprint density at radius 3 is 2.55 bits per heavy atom. The quantitative estimate of drug-likeness (QED) is 0.908. The topological polar surface area (TPSA) is 37.3 Å². The fraction of sp³-hybridized carbons (Fsp3) is 0.250. The summed E-state index contributed by atoms with van der Waals surface area (Å²) in [6, 6.07) is 14.4. The van der Waals surface area contributed by atoms with Crippen LogP contribution in [0.25, 0.3) is 6.08 Å². The second-order valence-corrected chi connectivity index (χ2v) is 5.93. The van der Waals surface area contributed by atoms with Crippen molar-refractivity contribution in [2.75, 3.05) is 0 Å². The fourth-order valence-electron chi connectivity index (χ4n) is 3.44. The third-order valence-corrected chi connectivity index (χ3v) is 4.39. The van der Waals surface area contributed by atoms with Crippen molar-refractivity contribution in [2.24, 2.45) is 0 Å². The number of aliphatic carboxylic acids is 1. The van der Waals surface area contributed by atoms with Crippen molar-refractivity contribution in [3.8, 4) is 0 Å². The van der Waals surface area contributed by atoms with Crippen LogP contribution in [0.2, 0.25) is 0 Å². The smallest absolute Gasteiger partial charge is 0.332 e. The van der Waals surface area contributed by atoms with Crippen LogP contribution in [0.4, 0.5) is 0 Å². The molecule has 2 aromatic carbocycles. The van der Waals surface area contributed by atoms with Gasteiger partial charge in [0.15, 0.2) is 0 Å². The zero-order valence-corrected chi connectivity index (χ0v) is 13.0. The number of carboxylic acids is 1. The first kappa shape index (κ1) is 14.6. The molecule has 0 spiro atoms. The van der Waals surface area contributed by atoms with E-state index < -0.39 is 5.97 Å². The Morgan fingerprint density at radius 2 is 1.91 bits per heavy atom. The highest BCUT2D eigenvalue weighted by molar-refractivity contribution is 5.97. The highest BCUT2D eigenvalue weighted by atomic mass is 16.4. The molecule has 22 heavy (non-hydrogen) atoms. The third-order valence-electron chi connectivity index (χ3n) is 4.39. The van der Waals surface area contributed by atoms with Crippen LogP contribution in [0.3, 0.4) is 0 Å². The van der Waals surface area contributed by atoms with E-state index in [1.54, 1.807) is 0 Å². The molecule has 0 heterocycles. The SMILES string of the molecule is CCc1cc(C)cc2c1C(Cc1ccccc1)C(C(=O)O)=C2. The minimum absolute atomic E-state index is 0.0505. The lowest BCUT2D eigenvalue weighted by atomic mass is 9.85. The van der Waals surface area contributed by atoms with Crippen molar-refractivity contribution in [3.05, 3.63) is 75.9 Å². The first-order valence-electron chi connectivity index (χ1n) is 7.72. The Balaban J connectivity index is 2.08. The molecule has 1 unspecified atom stereocenters. The van der Waals surface area contributed by atoms with Gasteiger partial charge in [0, 0.05) is 11.5 Å². The summed E-state index contributed by atoms with van der Waals surface area (Å²) >= 11 is 0. The van der Waals surface area contributed by atoms with Crippen molar-refractivity contribution in [2.45, 2.75) is 32.6 Å². The van der Waals surface area contributed by atoms with Crippen molar-refractivity contribution in [1.82, 2.24) is 0 Å². The minimum atomic E-state index is -0.808. The zero-order chi connectivity index (χ0) is 15.7. The summed E-state index contributed by atoms with van der Waals surface area (Å²) in [6.45, 7) is 4.20. The first-order valence-corrected chi connectivity index (χ1v) is 7.72. The predicted octanol–water partition coefficient (Wildman–Crippen LogP) is 4.37. The number of carbonyl (C=O) groups is 1. The summed E-state index contributed by atoms with van der Waals surface area (Å²) < 4.78 is 0. The number of fused-ring (bicyclic) bond motifs is 1. The van der Waals surface area contributed by atoms with E-state index in [2.05, 4.69) is 38.1 Å². The van der Waals surface area contributed by atoms with Gasteiger partial charge in [-0.15, -0.1) is 0 Å². The van der Waals surface area contributed by atoms with Gasteiger partial charge in [0.2, 0.25) is 0 Å². The molecule has 0 aliphatic heterocycles. The standard InChI is InChI=1S/C20H20O2/c1-3-15-9-13(2)10-16-12-18(20(21)22)17(19(15)16)11-14-7-5-4-6-8-14/h4-10,12,17H,3,11H2,1-2H3,(H,21,22). The maximum Gasteiger partial charge on any atom is 0.332 e. The molecule has 0 radical (unpaired) electrons. The van der Waals surface area contributed by atoms with Crippen molar-refractivity contribution in [3.63, 3.8) is 0 Å². The van der Waals surface area contributed by atoms with Crippen LogP contribution in [0.1, 0.15) is 40.7 Å². The molecule has 1 aliphatic carbocycles. The number of hydrogen-bond acceptors (Lipinski definition) is 1. The van der Waals surface area contributed by atoms with E-state index in [1.165, 1.54) is 22.3 Å². The molecular formula is C20H20O2. The van der Waals surface area contributed by atoms with Gasteiger partial charge in [-0.1, -0.05) is 55.0 Å². The van der Waals surface area contributed by atoms with Gasteiger partial charge in [0.1, 0.15) is 0 Å². The predicted molar refractivity (Wildman–Crippen MR) is 89.1 cm³/mol. The van der Waals surface area contributed by atoms with E-state index in [1.807, 2.05) is 24.3 Å². The van der Waals surface area contributed by atoms with Gasteiger partial charge in [0.25, 0.3) is 0 Å². The largest absolute Gasteiger partial charge is 0.478 e. The van der Waals surface area contributed by atoms with Crippen LogP contribution >= 0.6 is 0 Å². The van der Waals surface area contributed by atoms with Crippen LogP contribution in [0.15, 0.2) is 48.0 Å². The second kappa shape index (κ2) is 5.80. The average Bonchev–Trinajstić information content (AvgIpc) is 2.86. The monoisotopic (exact) mass is 292 g/mol. The fourth-order valence-corrected chi connectivity index (χ4v) is 3.44. The van der Waals surface area contributed by atoms with Crippen molar-refractivity contribution >= 4 is 12.0 Å². The third kappa shape index (κ3) is 2.57. The summed E-state index contributed by atoms with van der Waals surface area (Å²) in [5, 5.41) is 9.60. The molecule has 0 saturated carbocycles. The van der Waals surface area contributed by atoms with Crippen molar-refractivity contribution in [1.29, 1.82) is 0 Å². The van der Waals surface area contributed by atoms with Crippen LogP contribution in [0, 0.1) is 6.92 Å². The van der Waals surface area contributed by atoms with Gasteiger partial charge < -0.3 is 5.11 Å². The first-order chi connectivity index (χ1) is 10.6. The molecule has 2 aromatic rings. The molecule has 2 nitrogen and oxygen atoms in total. The molecule has 0 bridgehead atoms. The van der Waals surface area contributed by atoms with Crippen LogP contribution in [-0.2, 0) is 17.6 Å². The lowest BCUT2D eigenvalue weighted by Gasteiger charge is -2.18. The van der Waals surface area contributed by atoms with E-state index in [4.69, 9.17) is 0 Å². The molecular weight excluding hydrogens is 272 g/mol. The molecule has 1 atom stereocenters. The van der Waals surface area contributed by atoms with Gasteiger partial charge in [-0.3, -0.25) is 0 Å². The van der Waals surface area contributed by atoms with E-state index >= 15 is 0 Å². The average molecular weight is 292 g/mol. The number of carboxylic acid groups (broad SMARTS) is 1. The highest BCUT2D eigenvalue weighted by Crippen LogP contribution is 2.41. The Hall–Kier alpha value is -2.35. The van der Waals surface area contributed by atoms with E-state index in [0.29, 0.717) is 5.57 Å². The Morgan fingerprint density at radius 1 is 1.18 bits per heavy atom. The Kier molecular flexibility index (Phi) is 3.84. The van der Waals surface area contributed by atoms with Gasteiger partial charge >= 0.3 is 5.97 Å². The summed E-state index contributed by atoms with van der Waals surface area (Å²) in [5.41, 5.74) is 6.43. The molecule has 2 heteroatoms. The molecule has 0 amide bonds. The van der Waals surface area contributed by atoms with Crippen LogP contribution in [0.5, 0.6) is 0 Å². The molecule has 1 aliphatic rings. The van der Waals surface area contributed by atoms with E-state index in [0.717, 1.165) is 18.4 Å². The molecule has 0 aromatic heterocycles. The van der Waals surface area contributed by atoms with E-state index in [9.17, 15) is 9.90 Å². The van der Waals surface area contributed by atoms with Crippen LogP contribution < -0.4 is 0 Å². The molecule has 0 saturated heterocycles. The van der Waals surface area contributed by atoms with Gasteiger partial charge in [-0.25, -0.2) is 4.79 Å². The van der Waals surface area contributed by atoms with Gasteiger partial charge in [0.05, 0.1) is 0 Å². The number of hydrogen-bond donors (Lipinski definition) is 1. The molecule has 3 rings (SSSR count). The van der Waals surface area contributed by atoms with Gasteiger partial charge in [-0.2, -0.15) is 0 Å². The van der Waals surface area contributed by atoms with E-state index in [-0.39, 0.29) is 5.92 Å². The summed E-state index contributed by atoms with van der Waals surface area (Å²) in [7, 11) is 0. The normalized spacial score (nSPS) is 16.3. The minimum Gasteiger partial charge on any atom is -0.478 e. The van der Waals surface area contributed by atoms with Gasteiger partial charge in [-0.05, 0) is 48.1 Å². The van der Waals surface area contributed by atoms with Crippen molar-refractivity contribution < 1.29 is 9.90 Å². The number of rotatable bonds is 4. The Labute approximate surface area is 131 Å². The molecule has 0 fully saturated rings. The van der Waals surface area contributed by atoms with Crippen LogP contribution in [-0.4, -0.2) is 11.1 Å². The lowest BCUT2D eigenvalue weighted by Crippen LogP contribution is -2.12. The number of benzene rings is 2. The zero-order valence-electron chi connectivity index (χ0n) is 13.0. The lowest BCUT2D eigenvalue weighted by molar-refractivity contribution is -0.132. The Bertz CT molecular complexity index is 742. The molecule has 1 N–H and O–H groups in total. The molecule has 112 valence electrons. The maximum absolute atomic E-state index is 11.7. The summed E-state index contributed by atoms with van der Waals surface area (Å²) in [5.74, 6) is -0.859. The second-order valence-electron chi connectivity index (χ2n) is 5.93. The maximum atomic E-state index is 11.7. The highest BCUT2D eigenvalue weighted by Gasteiger charge is 2.31. The summed E-state index contributed by atoms with van der Waals surface area (Å²) in [6.07, 6.45) is 3.52.